The van der Waals surface area contributed by atoms with Crippen LogP contribution in [0.1, 0.15) is 6.92 Å². The summed E-state index contributed by atoms with van der Waals surface area (Å²) in [6.45, 7) is 1.18. The number of carbonyl (C=O) groups excluding carboxylic acids is 2. The maximum Gasteiger partial charge on any atom is 0.243 e. The normalized spacial score (nSPS) is 12.0. The number of nitrogens with one attached hydrogen (secondary N) is 3. The molecule has 2 amide bonds. The van der Waals surface area contributed by atoms with Crippen molar-refractivity contribution in [3.8, 4) is 0 Å². The number of rotatable bonds is 6. The van der Waals surface area contributed by atoms with Crippen molar-refractivity contribution in [2.75, 3.05) is 11.9 Å². The largest absolute Gasteiger partial charge is 0.346 e. The van der Waals surface area contributed by atoms with Crippen molar-refractivity contribution < 1.29 is 22.8 Å². The maximum atomic E-state index is 13.5. The van der Waals surface area contributed by atoms with Crippen LogP contribution < -0.4 is 10.6 Å². The second kappa shape index (κ2) is 8.34. The van der Waals surface area contributed by atoms with Gasteiger partial charge in [-0.2, -0.15) is 0 Å². The highest BCUT2D eigenvalue weighted by atomic mass is 32.2. The number of amides is 2. The minimum atomic E-state index is -1.68. The average molecular weight is 408 g/mol. The number of anilines is 1. The van der Waals surface area contributed by atoms with Gasteiger partial charge in [0, 0.05) is 0 Å². The van der Waals surface area contributed by atoms with Gasteiger partial charge in [0.1, 0.15) is 0 Å². The molecule has 0 fully saturated rings. The van der Waals surface area contributed by atoms with Gasteiger partial charge in [0.2, 0.25) is 11.8 Å². The number of benzene rings is 2. The summed E-state index contributed by atoms with van der Waals surface area (Å²) in [5.41, 5.74) is 1.10. The summed E-state index contributed by atoms with van der Waals surface area (Å²) < 4.78 is 39.6. The number of aromatic amines is 1. The van der Waals surface area contributed by atoms with Crippen LogP contribution in [-0.4, -0.2) is 33.6 Å². The molecule has 28 heavy (non-hydrogen) atoms. The van der Waals surface area contributed by atoms with E-state index in [0.717, 1.165) is 17.1 Å². The summed E-state index contributed by atoms with van der Waals surface area (Å²) in [7, 11) is 0. The molecular weight excluding hydrogens is 393 g/mol. The Morgan fingerprint density at radius 3 is 2.64 bits per heavy atom. The lowest BCUT2D eigenvalue weighted by atomic mass is 10.2. The number of nitrogens with zero attached hydrogens (tertiary/aromatic N) is 1. The number of hydrogen-bond donors (Lipinski definition) is 3. The highest BCUT2D eigenvalue weighted by molar-refractivity contribution is 8.00. The van der Waals surface area contributed by atoms with Crippen molar-refractivity contribution >= 4 is 40.3 Å². The third kappa shape index (κ3) is 4.45. The molecule has 1 unspecified atom stereocenters. The Balaban J connectivity index is 1.53. The van der Waals surface area contributed by atoms with Gasteiger partial charge < -0.3 is 15.6 Å². The molecule has 0 aliphatic carbocycles. The van der Waals surface area contributed by atoms with E-state index in [1.807, 2.05) is 24.3 Å². The van der Waals surface area contributed by atoms with Gasteiger partial charge in [0.05, 0.1) is 28.5 Å². The van der Waals surface area contributed by atoms with Crippen LogP contribution in [0.3, 0.4) is 0 Å². The van der Waals surface area contributed by atoms with Gasteiger partial charge in [-0.25, -0.2) is 18.2 Å². The van der Waals surface area contributed by atoms with E-state index in [2.05, 4.69) is 20.6 Å². The summed E-state index contributed by atoms with van der Waals surface area (Å²) in [4.78, 5) is 31.4. The zero-order chi connectivity index (χ0) is 20.3. The summed E-state index contributed by atoms with van der Waals surface area (Å²) in [5.74, 6) is -5.77. The highest BCUT2D eigenvalue weighted by Crippen LogP contribution is 2.23. The number of para-hydroxylation sites is 2. The second-order valence-corrected chi connectivity index (χ2v) is 7.14. The van der Waals surface area contributed by atoms with Gasteiger partial charge >= 0.3 is 0 Å². The molecule has 0 spiro atoms. The van der Waals surface area contributed by atoms with E-state index in [0.29, 0.717) is 11.2 Å². The number of thioether (sulfide) groups is 1. The molecule has 0 saturated heterocycles. The molecule has 1 heterocycles. The fourth-order valence-electron chi connectivity index (χ4n) is 2.33. The standard InChI is InChI=1S/C18H15F3N4O2S/c1-9(28-18-24-11-4-2-3-5-12(11)25-18)17(27)22-8-14(26)23-13-7-6-10(19)15(20)16(13)21/h2-7,9H,8H2,1H3,(H,22,27)(H,23,26)(H,24,25). The van der Waals surface area contributed by atoms with Crippen molar-refractivity contribution in [1.29, 1.82) is 0 Å². The first-order chi connectivity index (χ1) is 13.3. The van der Waals surface area contributed by atoms with Crippen molar-refractivity contribution in [3.63, 3.8) is 0 Å². The van der Waals surface area contributed by atoms with E-state index < -0.39 is 46.7 Å². The SMILES string of the molecule is CC(Sc1nc2ccccc2[nH]1)C(=O)NCC(=O)Nc1ccc(F)c(F)c1F. The molecule has 10 heteroatoms. The first kappa shape index (κ1) is 19.7. The lowest BCUT2D eigenvalue weighted by molar-refractivity contribution is -0.123. The van der Waals surface area contributed by atoms with Crippen LogP contribution in [0, 0.1) is 17.5 Å². The molecule has 2 aromatic carbocycles. The van der Waals surface area contributed by atoms with Gasteiger partial charge in [-0.1, -0.05) is 23.9 Å². The van der Waals surface area contributed by atoms with Gasteiger partial charge in [0.25, 0.3) is 0 Å². The lowest BCUT2D eigenvalue weighted by Gasteiger charge is -2.11. The van der Waals surface area contributed by atoms with Crippen LogP contribution in [0.25, 0.3) is 11.0 Å². The number of aromatic nitrogens is 2. The van der Waals surface area contributed by atoms with Crippen LogP contribution in [0.2, 0.25) is 0 Å². The number of imidazole rings is 1. The summed E-state index contributed by atoms with van der Waals surface area (Å²) >= 11 is 1.18. The maximum absolute atomic E-state index is 13.5. The lowest BCUT2D eigenvalue weighted by Crippen LogP contribution is -2.37. The van der Waals surface area contributed by atoms with E-state index in [1.165, 1.54) is 11.8 Å². The first-order valence-corrected chi connectivity index (χ1v) is 9.05. The van der Waals surface area contributed by atoms with E-state index in [1.54, 1.807) is 6.92 Å². The zero-order valence-electron chi connectivity index (χ0n) is 14.6. The molecule has 146 valence electrons. The van der Waals surface area contributed by atoms with E-state index in [9.17, 15) is 22.8 Å². The topological polar surface area (TPSA) is 86.9 Å². The van der Waals surface area contributed by atoms with Crippen LogP contribution in [0.15, 0.2) is 41.6 Å². The molecule has 0 bridgehead atoms. The van der Waals surface area contributed by atoms with E-state index >= 15 is 0 Å². The Hall–Kier alpha value is -3.01. The summed E-state index contributed by atoms with van der Waals surface area (Å²) in [6.07, 6.45) is 0. The minimum absolute atomic E-state index is 0.439. The Morgan fingerprint density at radius 1 is 1.14 bits per heavy atom. The predicted octanol–water partition coefficient (Wildman–Crippen LogP) is 3.22. The fourth-order valence-corrected chi connectivity index (χ4v) is 3.18. The van der Waals surface area contributed by atoms with Crippen LogP contribution in [-0.2, 0) is 9.59 Å². The number of halogens is 3. The molecule has 0 aliphatic heterocycles. The molecule has 3 aromatic rings. The number of H-pyrrole nitrogens is 1. The van der Waals surface area contributed by atoms with Crippen molar-refractivity contribution in [2.24, 2.45) is 0 Å². The quantitative estimate of drug-likeness (QED) is 0.432. The molecule has 6 nitrogen and oxygen atoms in total. The Bertz CT molecular complexity index is 1010. The molecule has 0 radical (unpaired) electrons. The smallest absolute Gasteiger partial charge is 0.243 e. The second-order valence-electron chi connectivity index (χ2n) is 5.81. The van der Waals surface area contributed by atoms with E-state index in [-0.39, 0.29) is 0 Å². The van der Waals surface area contributed by atoms with E-state index in [4.69, 9.17) is 0 Å². The van der Waals surface area contributed by atoms with Crippen molar-refractivity contribution in [3.05, 3.63) is 53.8 Å². The monoisotopic (exact) mass is 408 g/mol. The van der Waals surface area contributed by atoms with Gasteiger partial charge in [-0.05, 0) is 31.2 Å². The summed E-state index contributed by atoms with van der Waals surface area (Å²) in [5, 5.41) is 4.47. The predicted molar refractivity (Wildman–Crippen MR) is 99.4 cm³/mol. The minimum Gasteiger partial charge on any atom is -0.346 e. The third-order valence-electron chi connectivity index (χ3n) is 3.76. The molecule has 0 aliphatic rings. The number of carbonyl (C=O) groups is 2. The van der Waals surface area contributed by atoms with Crippen molar-refractivity contribution in [1.82, 2.24) is 15.3 Å². The van der Waals surface area contributed by atoms with Crippen molar-refractivity contribution in [2.45, 2.75) is 17.3 Å². The molecule has 3 N–H and O–H groups in total. The number of fused-ring (bicyclic) bond motifs is 1. The zero-order valence-corrected chi connectivity index (χ0v) is 15.4. The number of hydrogen-bond acceptors (Lipinski definition) is 4. The molecule has 1 atom stereocenters. The Kier molecular flexibility index (Phi) is 5.88. The van der Waals surface area contributed by atoms with Crippen LogP contribution in [0.5, 0.6) is 0 Å². The Labute approximate surface area is 161 Å². The third-order valence-corrected chi connectivity index (χ3v) is 4.74. The molecule has 1 aromatic heterocycles. The molecule has 3 rings (SSSR count). The average Bonchev–Trinajstić information content (AvgIpc) is 3.08. The Morgan fingerprint density at radius 2 is 1.89 bits per heavy atom. The molecule has 0 saturated carbocycles. The fraction of sp³-hybridized carbons (Fsp3) is 0.167. The van der Waals surface area contributed by atoms with Gasteiger partial charge in [-0.3, -0.25) is 9.59 Å². The van der Waals surface area contributed by atoms with Crippen LogP contribution in [0.4, 0.5) is 18.9 Å². The van der Waals surface area contributed by atoms with Gasteiger partial charge in [0.15, 0.2) is 22.6 Å². The highest BCUT2D eigenvalue weighted by Gasteiger charge is 2.19. The van der Waals surface area contributed by atoms with Gasteiger partial charge in [-0.15, -0.1) is 0 Å². The molecular formula is C18H15F3N4O2S. The first-order valence-electron chi connectivity index (χ1n) is 8.17. The summed E-state index contributed by atoms with van der Waals surface area (Å²) in [6, 6.07) is 9.00. The van der Waals surface area contributed by atoms with Crippen LogP contribution >= 0.6 is 11.8 Å².